The third kappa shape index (κ3) is 1.85. The number of Topliss-reactive ketones (excluding diaryl/α,β-unsaturated/α-hetero) is 1. The first-order chi connectivity index (χ1) is 8.25. The molecule has 3 rings (SSSR count). The second kappa shape index (κ2) is 4.17. The van der Waals surface area contributed by atoms with Crippen LogP contribution in [0.1, 0.15) is 16.8 Å². The first-order valence-electron chi connectivity index (χ1n) is 5.64. The Morgan fingerprint density at radius 3 is 3.12 bits per heavy atom. The van der Waals surface area contributed by atoms with E-state index in [-0.39, 0.29) is 11.7 Å². The molecule has 0 saturated carbocycles. The van der Waals surface area contributed by atoms with Crippen LogP contribution in [0.5, 0.6) is 0 Å². The van der Waals surface area contributed by atoms with Gasteiger partial charge >= 0.3 is 0 Å². The minimum absolute atomic E-state index is 0.00433. The zero-order chi connectivity index (χ0) is 11.8. The van der Waals surface area contributed by atoms with Crippen LogP contribution in [0.15, 0.2) is 24.4 Å². The highest BCUT2D eigenvalue weighted by Gasteiger charge is 2.26. The first-order valence-corrected chi connectivity index (χ1v) is 6.02. The monoisotopic (exact) mass is 249 g/mol. The van der Waals surface area contributed by atoms with Crippen molar-refractivity contribution in [2.24, 2.45) is 5.92 Å². The van der Waals surface area contributed by atoms with Crippen molar-refractivity contribution in [3.63, 3.8) is 0 Å². The number of nitrogens with one attached hydrogen (secondary N) is 1. The lowest BCUT2D eigenvalue weighted by Gasteiger charge is -2.04. The highest BCUT2D eigenvalue weighted by Crippen LogP contribution is 2.26. The number of H-pyrrole nitrogens is 1. The number of carbonyl (C=O) groups excluding carboxylic acids is 1. The molecule has 0 amide bonds. The predicted octanol–water partition coefficient (Wildman–Crippen LogP) is 3.04. The molecule has 1 aromatic heterocycles. The molecule has 1 aromatic carbocycles. The lowest BCUT2D eigenvalue weighted by Crippen LogP contribution is -2.14. The highest BCUT2D eigenvalue weighted by molar-refractivity contribution is 6.31. The van der Waals surface area contributed by atoms with Crippen molar-refractivity contribution in [1.29, 1.82) is 0 Å². The molecule has 1 saturated heterocycles. The van der Waals surface area contributed by atoms with E-state index in [9.17, 15) is 4.79 Å². The van der Waals surface area contributed by atoms with E-state index in [0.29, 0.717) is 18.2 Å². The van der Waals surface area contributed by atoms with Gasteiger partial charge in [-0.1, -0.05) is 17.7 Å². The molecule has 2 heterocycles. The van der Waals surface area contributed by atoms with Crippen LogP contribution >= 0.6 is 11.6 Å². The van der Waals surface area contributed by atoms with Gasteiger partial charge < -0.3 is 9.72 Å². The van der Waals surface area contributed by atoms with Gasteiger partial charge in [0.1, 0.15) is 0 Å². The quantitative estimate of drug-likeness (QED) is 0.832. The number of ether oxygens (including phenoxy) is 1. The molecular weight excluding hydrogens is 238 g/mol. The fraction of sp³-hybridized carbons (Fsp3) is 0.308. The van der Waals surface area contributed by atoms with Crippen LogP contribution in [0, 0.1) is 5.92 Å². The molecule has 2 aromatic rings. The lowest BCUT2D eigenvalue weighted by atomic mass is 9.97. The Morgan fingerprint density at radius 1 is 1.47 bits per heavy atom. The molecule has 1 N–H and O–H groups in total. The normalized spacial score (nSPS) is 19.9. The van der Waals surface area contributed by atoms with E-state index in [4.69, 9.17) is 16.3 Å². The Labute approximate surface area is 104 Å². The van der Waals surface area contributed by atoms with Gasteiger partial charge in [0, 0.05) is 40.2 Å². The minimum Gasteiger partial charge on any atom is -0.381 e. The van der Waals surface area contributed by atoms with Crippen molar-refractivity contribution in [1.82, 2.24) is 4.98 Å². The second-order valence-corrected chi connectivity index (χ2v) is 4.75. The third-order valence-electron chi connectivity index (χ3n) is 3.21. The smallest absolute Gasteiger partial charge is 0.170 e. The number of halogens is 1. The summed E-state index contributed by atoms with van der Waals surface area (Å²) in [6.07, 6.45) is 2.58. The van der Waals surface area contributed by atoms with E-state index < -0.39 is 0 Å². The summed E-state index contributed by atoms with van der Waals surface area (Å²) in [5.74, 6) is 0.167. The summed E-state index contributed by atoms with van der Waals surface area (Å²) in [5.41, 5.74) is 1.65. The van der Waals surface area contributed by atoms with Gasteiger partial charge in [0.15, 0.2) is 5.78 Å². The number of hydrogen-bond donors (Lipinski definition) is 1. The molecule has 1 atom stereocenters. The summed E-state index contributed by atoms with van der Waals surface area (Å²) in [4.78, 5) is 15.4. The largest absolute Gasteiger partial charge is 0.381 e. The van der Waals surface area contributed by atoms with Gasteiger partial charge in [-0.3, -0.25) is 4.79 Å². The van der Waals surface area contributed by atoms with Crippen molar-refractivity contribution in [3.8, 4) is 0 Å². The van der Waals surface area contributed by atoms with Gasteiger partial charge in [0.2, 0.25) is 0 Å². The van der Waals surface area contributed by atoms with Crippen LogP contribution in [0.3, 0.4) is 0 Å². The number of ketones is 1. The zero-order valence-corrected chi connectivity index (χ0v) is 9.96. The van der Waals surface area contributed by atoms with Crippen LogP contribution < -0.4 is 0 Å². The van der Waals surface area contributed by atoms with Crippen molar-refractivity contribution in [3.05, 3.63) is 35.0 Å². The summed E-state index contributed by atoms with van der Waals surface area (Å²) >= 11 is 5.91. The topological polar surface area (TPSA) is 42.1 Å². The average molecular weight is 250 g/mol. The van der Waals surface area contributed by atoms with E-state index in [1.807, 2.05) is 12.1 Å². The molecule has 0 bridgehead atoms. The molecule has 1 unspecified atom stereocenters. The van der Waals surface area contributed by atoms with E-state index in [0.717, 1.165) is 22.9 Å². The van der Waals surface area contributed by atoms with Gasteiger partial charge in [-0.15, -0.1) is 0 Å². The zero-order valence-electron chi connectivity index (χ0n) is 9.20. The third-order valence-corrected chi connectivity index (χ3v) is 3.44. The first kappa shape index (κ1) is 10.8. The molecule has 3 nitrogen and oxygen atoms in total. The number of aromatic amines is 1. The SMILES string of the molecule is O=C(c1c[nH]c2cc(Cl)ccc12)C1CCOC1. The van der Waals surface area contributed by atoms with Crippen LogP contribution in [-0.2, 0) is 4.74 Å². The fourth-order valence-electron chi connectivity index (χ4n) is 2.26. The van der Waals surface area contributed by atoms with Gasteiger partial charge in [-0.2, -0.15) is 0 Å². The van der Waals surface area contributed by atoms with Gasteiger partial charge in [0.25, 0.3) is 0 Å². The van der Waals surface area contributed by atoms with Crippen molar-refractivity contribution in [2.75, 3.05) is 13.2 Å². The van der Waals surface area contributed by atoms with E-state index in [2.05, 4.69) is 4.98 Å². The number of fused-ring (bicyclic) bond motifs is 1. The highest BCUT2D eigenvalue weighted by atomic mass is 35.5. The maximum atomic E-state index is 12.3. The van der Waals surface area contributed by atoms with Crippen molar-refractivity contribution < 1.29 is 9.53 Å². The maximum Gasteiger partial charge on any atom is 0.170 e. The summed E-state index contributed by atoms with van der Waals surface area (Å²) < 4.78 is 5.26. The van der Waals surface area contributed by atoms with Crippen LogP contribution in [-0.4, -0.2) is 24.0 Å². The van der Waals surface area contributed by atoms with Crippen molar-refractivity contribution >= 4 is 28.3 Å². The molecule has 1 fully saturated rings. The Morgan fingerprint density at radius 2 is 2.35 bits per heavy atom. The number of carbonyl (C=O) groups is 1. The average Bonchev–Trinajstić information content (AvgIpc) is 2.96. The van der Waals surface area contributed by atoms with Crippen LogP contribution in [0.2, 0.25) is 5.02 Å². The van der Waals surface area contributed by atoms with Crippen LogP contribution in [0.4, 0.5) is 0 Å². The molecule has 0 spiro atoms. The lowest BCUT2D eigenvalue weighted by molar-refractivity contribution is 0.0902. The molecular formula is C13H12ClNO2. The van der Waals surface area contributed by atoms with E-state index in [1.165, 1.54) is 0 Å². The predicted molar refractivity (Wildman–Crippen MR) is 66.6 cm³/mol. The molecule has 17 heavy (non-hydrogen) atoms. The summed E-state index contributed by atoms with van der Waals surface area (Å²) in [6.45, 7) is 1.23. The van der Waals surface area contributed by atoms with Gasteiger partial charge in [-0.25, -0.2) is 0 Å². The number of hydrogen-bond acceptors (Lipinski definition) is 2. The van der Waals surface area contributed by atoms with E-state index >= 15 is 0 Å². The summed E-state index contributed by atoms with van der Waals surface area (Å²) in [5, 5.41) is 1.61. The number of aromatic nitrogens is 1. The van der Waals surface area contributed by atoms with Gasteiger partial charge in [-0.05, 0) is 18.6 Å². The molecule has 1 aliphatic heterocycles. The fourth-order valence-corrected chi connectivity index (χ4v) is 2.44. The second-order valence-electron chi connectivity index (χ2n) is 4.32. The standard InChI is InChI=1S/C13H12ClNO2/c14-9-1-2-10-11(6-15-12(10)5-9)13(16)8-3-4-17-7-8/h1-2,5-6,8,15H,3-4,7H2. The maximum absolute atomic E-state index is 12.3. The molecule has 1 aliphatic rings. The van der Waals surface area contributed by atoms with Crippen LogP contribution in [0.25, 0.3) is 10.9 Å². The number of rotatable bonds is 2. The Hall–Kier alpha value is -1.32. The summed E-state index contributed by atoms with van der Waals surface area (Å²) in [6, 6.07) is 5.52. The molecule has 0 radical (unpaired) electrons. The molecule has 88 valence electrons. The Balaban J connectivity index is 2.02. The summed E-state index contributed by atoms with van der Waals surface area (Å²) in [7, 11) is 0. The Bertz CT molecular complexity index is 570. The molecule has 0 aliphatic carbocycles. The van der Waals surface area contributed by atoms with Gasteiger partial charge in [0.05, 0.1) is 6.61 Å². The number of benzene rings is 1. The van der Waals surface area contributed by atoms with E-state index in [1.54, 1.807) is 12.3 Å². The van der Waals surface area contributed by atoms with Crippen molar-refractivity contribution in [2.45, 2.75) is 6.42 Å². The molecule has 4 heteroatoms. The minimum atomic E-state index is 0.00433. The Kier molecular flexibility index (Phi) is 2.65.